The van der Waals surface area contributed by atoms with Crippen LogP contribution in [-0.4, -0.2) is 49.5 Å². The van der Waals surface area contributed by atoms with Crippen molar-refractivity contribution in [1.82, 2.24) is 9.62 Å². The van der Waals surface area contributed by atoms with Gasteiger partial charge >= 0.3 is 0 Å². The summed E-state index contributed by atoms with van der Waals surface area (Å²) < 4.78 is 26.6. The van der Waals surface area contributed by atoms with Crippen LogP contribution in [0.2, 0.25) is 0 Å². The van der Waals surface area contributed by atoms with Gasteiger partial charge in [0.25, 0.3) is 10.0 Å². The molecule has 0 saturated carbocycles. The Hall–Kier alpha value is -0.960. The molecule has 1 aromatic rings. The molecule has 0 aliphatic carbocycles. The van der Waals surface area contributed by atoms with Gasteiger partial charge in [0.2, 0.25) is 5.91 Å². The van der Waals surface area contributed by atoms with Crippen LogP contribution in [0, 0.1) is 5.92 Å². The summed E-state index contributed by atoms with van der Waals surface area (Å²) in [6, 6.07) is 2.97. The molecule has 2 atom stereocenters. The van der Waals surface area contributed by atoms with Gasteiger partial charge in [-0.1, -0.05) is 6.07 Å². The van der Waals surface area contributed by atoms with Crippen LogP contribution in [0.3, 0.4) is 0 Å². The van der Waals surface area contributed by atoms with Gasteiger partial charge in [-0.3, -0.25) is 4.79 Å². The molecule has 1 fully saturated rings. The third-order valence-electron chi connectivity index (χ3n) is 3.51. The van der Waals surface area contributed by atoms with E-state index in [2.05, 4.69) is 5.32 Å². The molecule has 1 aliphatic heterocycles. The molecule has 1 saturated heterocycles. The van der Waals surface area contributed by atoms with Gasteiger partial charge < -0.3 is 10.4 Å². The zero-order valence-electron chi connectivity index (χ0n) is 11.9. The lowest BCUT2D eigenvalue weighted by Gasteiger charge is -2.31. The molecule has 2 heterocycles. The Morgan fingerprint density at radius 3 is 3.00 bits per heavy atom. The first-order valence-electron chi connectivity index (χ1n) is 6.90. The van der Waals surface area contributed by atoms with Crippen LogP contribution in [-0.2, 0) is 14.8 Å². The molecule has 118 valence electrons. The van der Waals surface area contributed by atoms with Crippen LogP contribution in [0.15, 0.2) is 21.7 Å². The van der Waals surface area contributed by atoms with Gasteiger partial charge in [0.05, 0.1) is 12.5 Å². The van der Waals surface area contributed by atoms with E-state index in [0.717, 1.165) is 0 Å². The number of thiophene rings is 1. The lowest BCUT2D eigenvalue weighted by atomic mass is 9.98. The number of nitrogens with one attached hydrogen (secondary N) is 1. The van der Waals surface area contributed by atoms with Crippen LogP contribution < -0.4 is 5.32 Å². The van der Waals surface area contributed by atoms with E-state index in [1.54, 1.807) is 24.4 Å². The van der Waals surface area contributed by atoms with Gasteiger partial charge in [-0.15, -0.1) is 11.3 Å². The maximum absolute atomic E-state index is 12.5. The van der Waals surface area contributed by atoms with E-state index < -0.39 is 10.0 Å². The predicted molar refractivity (Wildman–Crippen MR) is 80.5 cm³/mol. The van der Waals surface area contributed by atoms with E-state index in [1.165, 1.54) is 15.6 Å². The minimum Gasteiger partial charge on any atom is -0.394 e. The van der Waals surface area contributed by atoms with Crippen LogP contribution in [0.4, 0.5) is 0 Å². The summed E-state index contributed by atoms with van der Waals surface area (Å²) in [6.07, 6.45) is 1.33. The standard InChI is InChI=1S/C13H20N2O4S2/c1-10(9-16)14-13(17)11-4-2-6-15(8-11)21(18,19)12-5-3-7-20-12/h3,5,7,10-11,16H,2,4,6,8-9H2,1H3,(H,14,17). The zero-order chi connectivity index (χ0) is 15.5. The highest BCUT2D eigenvalue weighted by Gasteiger charge is 2.33. The molecule has 0 bridgehead atoms. The minimum atomic E-state index is -3.50. The third kappa shape index (κ3) is 3.82. The second kappa shape index (κ2) is 6.87. The predicted octanol–water partition coefficient (Wildman–Crippen LogP) is 0.646. The summed E-state index contributed by atoms with van der Waals surface area (Å²) in [7, 11) is -3.50. The Kier molecular flexibility index (Phi) is 5.37. The summed E-state index contributed by atoms with van der Waals surface area (Å²) >= 11 is 1.18. The summed E-state index contributed by atoms with van der Waals surface area (Å²) in [5, 5.41) is 13.4. The van der Waals surface area contributed by atoms with Crippen molar-refractivity contribution in [3.63, 3.8) is 0 Å². The number of piperidine rings is 1. The van der Waals surface area contributed by atoms with Crippen molar-refractivity contribution >= 4 is 27.3 Å². The smallest absolute Gasteiger partial charge is 0.252 e. The number of sulfonamides is 1. The van der Waals surface area contributed by atoms with Crippen molar-refractivity contribution in [1.29, 1.82) is 0 Å². The Balaban J connectivity index is 2.06. The van der Waals surface area contributed by atoms with Gasteiger partial charge in [0, 0.05) is 19.1 Å². The summed E-state index contributed by atoms with van der Waals surface area (Å²) in [5.74, 6) is -0.551. The van der Waals surface area contributed by atoms with E-state index in [9.17, 15) is 13.2 Å². The molecular weight excluding hydrogens is 312 g/mol. The van der Waals surface area contributed by atoms with Crippen LogP contribution in [0.25, 0.3) is 0 Å². The number of aliphatic hydroxyl groups excluding tert-OH is 1. The molecule has 1 amide bonds. The van der Waals surface area contributed by atoms with Gasteiger partial charge in [-0.05, 0) is 31.2 Å². The highest BCUT2D eigenvalue weighted by atomic mass is 32.2. The fourth-order valence-corrected chi connectivity index (χ4v) is 4.99. The van der Waals surface area contributed by atoms with E-state index in [0.29, 0.717) is 23.6 Å². The molecule has 1 aromatic heterocycles. The fourth-order valence-electron chi connectivity index (χ4n) is 2.32. The van der Waals surface area contributed by atoms with Crippen molar-refractivity contribution in [3.8, 4) is 0 Å². The van der Waals surface area contributed by atoms with Crippen molar-refractivity contribution in [2.75, 3.05) is 19.7 Å². The number of rotatable bonds is 5. The molecule has 2 rings (SSSR count). The van der Waals surface area contributed by atoms with E-state index >= 15 is 0 Å². The summed E-state index contributed by atoms with van der Waals surface area (Å²) in [4.78, 5) is 12.1. The van der Waals surface area contributed by atoms with Crippen LogP contribution in [0.1, 0.15) is 19.8 Å². The maximum Gasteiger partial charge on any atom is 0.252 e. The number of hydrogen-bond acceptors (Lipinski definition) is 5. The minimum absolute atomic E-state index is 0.129. The molecule has 0 aromatic carbocycles. The number of hydrogen-bond donors (Lipinski definition) is 2. The first kappa shape index (κ1) is 16.4. The largest absolute Gasteiger partial charge is 0.394 e. The van der Waals surface area contributed by atoms with Crippen molar-refractivity contribution in [3.05, 3.63) is 17.5 Å². The molecule has 8 heteroatoms. The molecular formula is C13H20N2O4S2. The Morgan fingerprint density at radius 1 is 1.62 bits per heavy atom. The van der Waals surface area contributed by atoms with E-state index in [4.69, 9.17) is 5.11 Å². The monoisotopic (exact) mass is 332 g/mol. The highest BCUT2D eigenvalue weighted by Crippen LogP contribution is 2.26. The summed E-state index contributed by atoms with van der Waals surface area (Å²) in [6.45, 7) is 2.22. The number of aliphatic hydroxyl groups is 1. The highest BCUT2D eigenvalue weighted by molar-refractivity contribution is 7.91. The number of nitrogens with zero attached hydrogens (tertiary/aromatic N) is 1. The molecule has 0 spiro atoms. The SMILES string of the molecule is CC(CO)NC(=O)C1CCCN(S(=O)(=O)c2cccs2)C1. The Bertz CT molecular complexity index is 571. The molecule has 6 nitrogen and oxygen atoms in total. The topological polar surface area (TPSA) is 86.7 Å². The second-order valence-corrected chi connectivity index (χ2v) is 8.34. The molecule has 2 unspecified atom stereocenters. The third-order valence-corrected chi connectivity index (χ3v) is 6.74. The van der Waals surface area contributed by atoms with Crippen molar-refractivity contribution in [2.24, 2.45) is 5.92 Å². The molecule has 0 radical (unpaired) electrons. The van der Waals surface area contributed by atoms with E-state index in [-0.39, 0.29) is 31.0 Å². The van der Waals surface area contributed by atoms with Gasteiger partial charge in [-0.2, -0.15) is 4.31 Å². The van der Waals surface area contributed by atoms with Gasteiger partial charge in [0.15, 0.2) is 0 Å². The molecule has 2 N–H and O–H groups in total. The normalized spacial score (nSPS) is 21.9. The average Bonchev–Trinajstić information content (AvgIpc) is 3.02. The fraction of sp³-hybridized carbons (Fsp3) is 0.615. The lowest BCUT2D eigenvalue weighted by molar-refractivity contribution is -0.127. The average molecular weight is 332 g/mol. The number of amides is 1. The van der Waals surface area contributed by atoms with Gasteiger partial charge in [0.1, 0.15) is 4.21 Å². The zero-order valence-corrected chi connectivity index (χ0v) is 13.5. The lowest BCUT2D eigenvalue weighted by Crippen LogP contribution is -2.47. The van der Waals surface area contributed by atoms with Crippen LogP contribution >= 0.6 is 11.3 Å². The quantitative estimate of drug-likeness (QED) is 0.829. The first-order valence-corrected chi connectivity index (χ1v) is 9.22. The molecule has 1 aliphatic rings. The van der Waals surface area contributed by atoms with E-state index in [1.807, 2.05) is 0 Å². The first-order chi connectivity index (χ1) is 9.95. The van der Waals surface area contributed by atoms with Crippen molar-refractivity contribution in [2.45, 2.75) is 30.0 Å². The van der Waals surface area contributed by atoms with Crippen molar-refractivity contribution < 1.29 is 18.3 Å². The van der Waals surface area contributed by atoms with Gasteiger partial charge in [-0.25, -0.2) is 8.42 Å². The Morgan fingerprint density at radius 2 is 2.38 bits per heavy atom. The Labute approximate surface area is 128 Å². The number of carbonyl (C=O) groups is 1. The van der Waals surface area contributed by atoms with Crippen LogP contribution in [0.5, 0.6) is 0 Å². The second-order valence-electron chi connectivity index (χ2n) is 5.23. The molecule has 21 heavy (non-hydrogen) atoms. The maximum atomic E-state index is 12.5. The number of carbonyl (C=O) groups excluding carboxylic acids is 1. The summed E-state index contributed by atoms with van der Waals surface area (Å²) in [5.41, 5.74) is 0.